The average molecular weight is 277 g/mol. The van der Waals surface area contributed by atoms with Gasteiger partial charge in [0.1, 0.15) is 0 Å². The van der Waals surface area contributed by atoms with Crippen molar-refractivity contribution < 1.29 is 0 Å². The fourth-order valence-electron chi connectivity index (χ4n) is 1.97. The van der Waals surface area contributed by atoms with Gasteiger partial charge < -0.3 is 9.88 Å². The first kappa shape index (κ1) is 13.8. The Balaban J connectivity index is 2.50. The van der Waals surface area contributed by atoms with Crippen molar-refractivity contribution >= 4 is 16.5 Å². The van der Waals surface area contributed by atoms with Gasteiger partial charge in [-0.25, -0.2) is 4.98 Å². The summed E-state index contributed by atoms with van der Waals surface area (Å²) in [6, 6.07) is 3.85. The molecule has 4 nitrogen and oxygen atoms in total. The van der Waals surface area contributed by atoms with Gasteiger partial charge in [0.15, 0.2) is 5.13 Å². The molecule has 2 aromatic rings. The minimum atomic E-state index is 0.0432. The predicted octanol–water partition coefficient (Wildman–Crippen LogP) is 2.98. The molecule has 2 aromatic heterocycles. The zero-order valence-corrected chi connectivity index (χ0v) is 12.5. The molecule has 2 rings (SSSR count). The number of rotatable bonds is 4. The third-order valence-corrected chi connectivity index (χ3v) is 3.79. The third-order valence-electron chi connectivity index (χ3n) is 2.93. The van der Waals surface area contributed by atoms with Crippen LogP contribution in [0.25, 0.3) is 11.3 Å². The van der Waals surface area contributed by atoms with Crippen LogP contribution in [0, 0.1) is 12.8 Å². The number of pyridine rings is 1. The van der Waals surface area contributed by atoms with E-state index in [1.807, 2.05) is 36.1 Å². The average Bonchev–Trinajstić information content (AvgIpc) is 2.83. The summed E-state index contributed by atoms with van der Waals surface area (Å²) in [6.07, 6.45) is 0. The molecular weight excluding hydrogens is 258 g/mol. The summed E-state index contributed by atoms with van der Waals surface area (Å²) in [5.74, 6) is 0.440. The second-order valence-corrected chi connectivity index (χ2v) is 5.84. The van der Waals surface area contributed by atoms with Crippen LogP contribution < -0.4 is 10.9 Å². The number of aryl methyl sites for hydroxylation is 1. The number of hydrogen-bond acceptors (Lipinski definition) is 4. The first-order chi connectivity index (χ1) is 9.02. The lowest BCUT2D eigenvalue weighted by Crippen LogP contribution is -2.25. The van der Waals surface area contributed by atoms with Gasteiger partial charge in [-0.05, 0) is 25.0 Å². The van der Waals surface area contributed by atoms with E-state index in [1.165, 1.54) is 11.3 Å². The van der Waals surface area contributed by atoms with E-state index in [1.54, 1.807) is 0 Å². The number of nitrogens with one attached hydrogen (secondary N) is 1. The molecule has 0 fully saturated rings. The maximum absolute atomic E-state index is 12.5. The molecule has 0 saturated heterocycles. The molecule has 0 aromatic carbocycles. The van der Waals surface area contributed by atoms with Crippen LogP contribution in [-0.2, 0) is 6.54 Å². The highest BCUT2D eigenvalue weighted by atomic mass is 32.1. The van der Waals surface area contributed by atoms with E-state index in [-0.39, 0.29) is 5.56 Å². The highest BCUT2D eigenvalue weighted by Gasteiger charge is 2.12. The van der Waals surface area contributed by atoms with Crippen LogP contribution in [0.2, 0.25) is 0 Å². The maximum atomic E-state index is 12.5. The standard InChI is InChI=1S/C14H19N3OS/c1-9(2)7-17-10(3)5-6-11(13(17)18)12-8-19-14(15-4)16-12/h5-6,8-9H,7H2,1-4H3,(H,15,16). The molecule has 2 heterocycles. The summed E-state index contributed by atoms with van der Waals surface area (Å²) in [4.78, 5) is 16.9. The van der Waals surface area contributed by atoms with Crippen LogP contribution in [0.1, 0.15) is 19.5 Å². The summed E-state index contributed by atoms with van der Waals surface area (Å²) >= 11 is 1.51. The molecule has 5 heteroatoms. The van der Waals surface area contributed by atoms with E-state index < -0.39 is 0 Å². The second kappa shape index (κ2) is 5.57. The molecule has 0 aliphatic carbocycles. The van der Waals surface area contributed by atoms with Crippen LogP contribution in [0.15, 0.2) is 22.3 Å². The maximum Gasteiger partial charge on any atom is 0.260 e. The molecule has 0 saturated carbocycles. The lowest BCUT2D eigenvalue weighted by Gasteiger charge is -2.13. The van der Waals surface area contributed by atoms with E-state index in [9.17, 15) is 4.79 Å². The Morgan fingerprint density at radius 2 is 2.16 bits per heavy atom. The normalized spacial score (nSPS) is 11.0. The van der Waals surface area contributed by atoms with Gasteiger partial charge in [-0.15, -0.1) is 11.3 Å². The second-order valence-electron chi connectivity index (χ2n) is 4.99. The number of aromatic nitrogens is 2. The molecule has 0 aliphatic rings. The Morgan fingerprint density at radius 3 is 2.74 bits per heavy atom. The molecule has 0 unspecified atom stereocenters. The smallest absolute Gasteiger partial charge is 0.260 e. The van der Waals surface area contributed by atoms with Crippen LogP contribution in [0.3, 0.4) is 0 Å². The van der Waals surface area contributed by atoms with Gasteiger partial charge in [0.05, 0.1) is 11.3 Å². The summed E-state index contributed by atoms with van der Waals surface area (Å²) in [5.41, 5.74) is 2.45. The van der Waals surface area contributed by atoms with Crippen molar-refractivity contribution in [2.75, 3.05) is 12.4 Å². The lowest BCUT2D eigenvalue weighted by atomic mass is 10.1. The van der Waals surface area contributed by atoms with Gasteiger partial charge in [-0.1, -0.05) is 13.8 Å². The lowest BCUT2D eigenvalue weighted by molar-refractivity contribution is 0.503. The van der Waals surface area contributed by atoms with Crippen molar-refractivity contribution in [2.45, 2.75) is 27.3 Å². The Kier molecular flexibility index (Phi) is 4.04. The number of hydrogen-bond donors (Lipinski definition) is 1. The fourth-order valence-corrected chi connectivity index (χ4v) is 2.64. The van der Waals surface area contributed by atoms with Gasteiger partial charge in [0.25, 0.3) is 5.56 Å². The quantitative estimate of drug-likeness (QED) is 0.934. The Labute approximate surface area is 117 Å². The molecule has 0 amide bonds. The molecule has 0 atom stereocenters. The monoisotopic (exact) mass is 277 g/mol. The van der Waals surface area contributed by atoms with Crippen LogP contribution >= 0.6 is 11.3 Å². The third kappa shape index (κ3) is 2.87. The van der Waals surface area contributed by atoms with E-state index in [0.29, 0.717) is 11.5 Å². The Hall–Kier alpha value is -1.62. The highest BCUT2D eigenvalue weighted by Crippen LogP contribution is 2.22. The first-order valence-electron chi connectivity index (χ1n) is 6.37. The first-order valence-corrected chi connectivity index (χ1v) is 7.25. The zero-order chi connectivity index (χ0) is 14.0. The number of anilines is 1. The van der Waals surface area contributed by atoms with Crippen molar-refractivity contribution in [1.29, 1.82) is 0 Å². The molecule has 19 heavy (non-hydrogen) atoms. The van der Waals surface area contributed by atoms with Crippen LogP contribution in [0.4, 0.5) is 5.13 Å². The van der Waals surface area contributed by atoms with Gasteiger partial charge in [-0.2, -0.15) is 0 Å². The van der Waals surface area contributed by atoms with Gasteiger partial charge in [0, 0.05) is 24.7 Å². The number of thiazole rings is 1. The molecule has 0 bridgehead atoms. The van der Waals surface area contributed by atoms with Crippen molar-refractivity contribution in [2.24, 2.45) is 5.92 Å². The topological polar surface area (TPSA) is 46.9 Å². The fraction of sp³-hybridized carbons (Fsp3) is 0.429. The highest BCUT2D eigenvalue weighted by molar-refractivity contribution is 7.14. The van der Waals surface area contributed by atoms with E-state index in [2.05, 4.69) is 24.1 Å². The summed E-state index contributed by atoms with van der Waals surface area (Å²) in [7, 11) is 1.83. The molecular formula is C14H19N3OS. The molecule has 102 valence electrons. The zero-order valence-electron chi connectivity index (χ0n) is 11.7. The summed E-state index contributed by atoms with van der Waals surface area (Å²) in [6.45, 7) is 6.93. The van der Waals surface area contributed by atoms with E-state index in [4.69, 9.17) is 0 Å². The minimum Gasteiger partial charge on any atom is -0.365 e. The summed E-state index contributed by atoms with van der Waals surface area (Å²) < 4.78 is 1.83. The Bertz CT molecular complexity index is 628. The molecule has 1 N–H and O–H groups in total. The van der Waals surface area contributed by atoms with Crippen LogP contribution in [-0.4, -0.2) is 16.6 Å². The summed E-state index contributed by atoms with van der Waals surface area (Å²) in [5, 5.41) is 5.73. The van der Waals surface area contributed by atoms with Gasteiger partial charge >= 0.3 is 0 Å². The van der Waals surface area contributed by atoms with Crippen molar-refractivity contribution in [3.05, 3.63) is 33.6 Å². The van der Waals surface area contributed by atoms with Crippen molar-refractivity contribution in [3.8, 4) is 11.3 Å². The predicted molar refractivity (Wildman–Crippen MR) is 80.9 cm³/mol. The van der Waals surface area contributed by atoms with Crippen LogP contribution in [0.5, 0.6) is 0 Å². The van der Waals surface area contributed by atoms with E-state index >= 15 is 0 Å². The van der Waals surface area contributed by atoms with E-state index in [0.717, 1.165) is 23.1 Å². The van der Waals surface area contributed by atoms with Crippen molar-refractivity contribution in [1.82, 2.24) is 9.55 Å². The van der Waals surface area contributed by atoms with Crippen molar-refractivity contribution in [3.63, 3.8) is 0 Å². The molecule has 0 radical (unpaired) electrons. The number of nitrogens with zero attached hydrogens (tertiary/aromatic N) is 2. The minimum absolute atomic E-state index is 0.0432. The SMILES string of the molecule is CNc1nc(-c2ccc(C)n(CC(C)C)c2=O)cs1. The molecule has 0 spiro atoms. The largest absolute Gasteiger partial charge is 0.365 e. The Morgan fingerprint density at radius 1 is 1.42 bits per heavy atom. The van der Waals surface area contributed by atoms with Gasteiger partial charge in [-0.3, -0.25) is 4.79 Å². The van der Waals surface area contributed by atoms with Gasteiger partial charge in [0.2, 0.25) is 0 Å². The molecule has 0 aliphatic heterocycles.